The summed E-state index contributed by atoms with van der Waals surface area (Å²) in [5.74, 6) is 1.55. The van der Waals surface area contributed by atoms with Gasteiger partial charge < -0.3 is 10.2 Å². The quantitative estimate of drug-likeness (QED) is 0.884. The fourth-order valence-electron chi connectivity index (χ4n) is 2.31. The van der Waals surface area contributed by atoms with Crippen molar-refractivity contribution in [2.75, 3.05) is 30.4 Å². The first kappa shape index (κ1) is 13.8. The van der Waals surface area contributed by atoms with E-state index in [2.05, 4.69) is 15.2 Å². The first-order valence-corrected chi connectivity index (χ1v) is 7.26. The standard InChI is InChI=1S/C13H19Cl2N3/c1-16-12-10(14)9-11(15)13(17-12)18-7-5-3-2-4-6-8-18/h9H,2-8H2,1H3,(H,16,17). The predicted octanol–water partition coefficient (Wildman–Crippen LogP) is 4.20. The Morgan fingerprint density at radius 2 is 1.67 bits per heavy atom. The van der Waals surface area contributed by atoms with Gasteiger partial charge in [0.15, 0.2) is 0 Å². The topological polar surface area (TPSA) is 28.2 Å². The van der Waals surface area contributed by atoms with E-state index in [0.717, 1.165) is 18.9 Å². The summed E-state index contributed by atoms with van der Waals surface area (Å²) in [7, 11) is 1.82. The lowest BCUT2D eigenvalue weighted by Crippen LogP contribution is -2.28. The Kier molecular flexibility index (Phi) is 4.95. The van der Waals surface area contributed by atoms with Crippen molar-refractivity contribution in [1.29, 1.82) is 0 Å². The Morgan fingerprint density at radius 3 is 2.28 bits per heavy atom. The van der Waals surface area contributed by atoms with Crippen molar-refractivity contribution >= 4 is 34.8 Å². The molecule has 0 atom stereocenters. The van der Waals surface area contributed by atoms with E-state index in [0.29, 0.717) is 15.9 Å². The molecule has 0 amide bonds. The third-order valence-electron chi connectivity index (χ3n) is 3.30. The number of aromatic nitrogens is 1. The maximum Gasteiger partial charge on any atom is 0.149 e. The SMILES string of the molecule is CNc1nc(N2CCCCCCC2)c(Cl)cc1Cl. The summed E-state index contributed by atoms with van der Waals surface area (Å²) in [4.78, 5) is 6.81. The minimum absolute atomic E-state index is 0.568. The fourth-order valence-corrected chi connectivity index (χ4v) is 2.89. The molecular weight excluding hydrogens is 269 g/mol. The van der Waals surface area contributed by atoms with Gasteiger partial charge in [-0.15, -0.1) is 0 Å². The van der Waals surface area contributed by atoms with Gasteiger partial charge in [-0.25, -0.2) is 4.98 Å². The third-order valence-corrected chi connectivity index (χ3v) is 3.87. The van der Waals surface area contributed by atoms with Crippen LogP contribution in [0, 0.1) is 0 Å². The van der Waals surface area contributed by atoms with Gasteiger partial charge in [-0.3, -0.25) is 0 Å². The fraction of sp³-hybridized carbons (Fsp3) is 0.615. The third kappa shape index (κ3) is 3.21. The summed E-state index contributed by atoms with van der Waals surface area (Å²) in [5, 5.41) is 4.21. The summed E-state index contributed by atoms with van der Waals surface area (Å²) >= 11 is 12.3. The maximum absolute atomic E-state index is 6.27. The van der Waals surface area contributed by atoms with Crippen LogP contribution in [0.4, 0.5) is 11.6 Å². The Morgan fingerprint density at radius 1 is 1.06 bits per heavy atom. The van der Waals surface area contributed by atoms with E-state index in [-0.39, 0.29) is 0 Å². The van der Waals surface area contributed by atoms with Crippen molar-refractivity contribution in [3.8, 4) is 0 Å². The summed E-state index contributed by atoms with van der Waals surface area (Å²) in [6.07, 6.45) is 6.34. The Balaban J connectivity index is 2.24. The largest absolute Gasteiger partial charge is 0.372 e. The first-order chi connectivity index (χ1) is 8.72. The van der Waals surface area contributed by atoms with Crippen LogP contribution in [0.15, 0.2) is 6.07 Å². The van der Waals surface area contributed by atoms with E-state index in [9.17, 15) is 0 Å². The molecule has 0 aromatic carbocycles. The molecule has 1 aliphatic rings. The molecule has 0 aliphatic carbocycles. The number of anilines is 2. The highest BCUT2D eigenvalue weighted by Crippen LogP contribution is 2.32. The van der Waals surface area contributed by atoms with Crippen LogP contribution in [0.2, 0.25) is 10.0 Å². The number of nitrogens with zero attached hydrogens (tertiary/aromatic N) is 2. The number of halogens is 2. The molecule has 0 spiro atoms. The van der Waals surface area contributed by atoms with Gasteiger partial charge in [0.2, 0.25) is 0 Å². The molecule has 0 bridgehead atoms. The van der Waals surface area contributed by atoms with Crippen molar-refractivity contribution in [2.24, 2.45) is 0 Å². The molecule has 2 rings (SSSR count). The lowest BCUT2D eigenvalue weighted by molar-refractivity contribution is 0.554. The van der Waals surface area contributed by atoms with E-state index in [4.69, 9.17) is 23.2 Å². The zero-order chi connectivity index (χ0) is 13.0. The van der Waals surface area contributed by atoms with E-state index >= 15 is 0 Å². The molecule has 18 heavy (non-hydrogen) atoms. The molecule has 3 nitrogen and oxygen atoms in total. The second-order valence-electron chi connectivity index (χ2n) is 4.63. The molecule has 1 aromatic heterocycles. The molecular formula is C13H19Cl2N3. The van der Waals surface area contributed by atoms with Gasteiger partial charge in [0.1, 0.15) is 11.6 Å². The van der Waals surface area contributed by atoms with Crippen molar-refractivity contribution < 1.29 is 0 Å². The molecule has 0 saturated carbocycles. The molecule has 1 aliphatic heterocycles. The van der Waals surface area contributed by atoms with Gasteiger partial charge in [0.25, 0.3) is 0 Å². The number of hydrogen-bond acceptors (Lipinski definition) is 3. The van der Waals surface area contributed by atoms with Crippen molar-refractivity contribution in [1.82, 2.24) is 4.98 Å². The highest BCUT2D eigenvalue weighted by Gasteiger charge is 2.16. The molecule has 100 valence electrons. The monoisotopic (exact) mass is 287 g/mol. The van der Waals surface area contributed by atoms with Gasteiger partial charge in [0.05, 0.1) is 10.0 Å². The van der Waals surface area contributed by atoms with Crippen LogP contribution in [-0.4, -0.2) is 25.1 Å². The normalized spacial score (nSPS) is 17.2. The summed E-state index contributed by atoms with van der Waals surface area (Å²) < 4.78 is 0. The van der Waals surface area contributed by atoms with E-state index in [1.54, 1.807) is 6.07 Å². The van der Waals surface area contributed by atoms with Gasteiger partial charge in [-0.2, -0.15) is 0 Å². The molecule has 1 fully saturated rings. The van der Waals surface area contributed by atoms with Crippen LogP contribution in [0.5, 0.6) is 0 Å². The van der Waals surface area contributed by atoms with Crippen LogP contribution in [0.25, 0.3) is 0 Å². The molecule has 0 unspecified atom stereocenters. The lowest BCUT2D eigenvalue weighted by atomic mass is 10.1. The molecule has 2 heterocycles. The summed E-state index contributed by atoms with van der Waals surface area (Å²) in [6.45, 7) is 2.05. The molecule has 0 radical (unpaired) electrons. The van der Waals surface area contributed by atoms with Gasteiger partial charge >= 0.3 is 0 Å². The van der Waals surface area contributed by atoms with Crippen LogP contribution in [0.3, 0.4) is 0 Å². The summed E-state index contributed by atoms with van der Waals surface area (Å²) in [5.41, 5.74) is 0. The van der Waals surface area contributed by atoms with Crippen LogP contribution >= 0.6 is 23.2 Å². The predicted molar refractivity (Wildman–Crippen MR) is 79.1 cm³/mol. The molecule has 1 saturated heterocycles. The van der Waals surface area contributed by atoms with E-state index < -0.39 is 0 Å². The van der Waals surface area contributed by atoms with Crippen molar-refractivity contribution in [3.63, 3.8) is 0 Å². The van der Waals surface area contributed by atoms with Crippen LogP contribution in [0.1, 0.15) is 32.1 Å². The average Bonchev–Trinajstić information content (AvgIpc) is 2.30. The molecule has 5 heteroatoms. The number of pyridine rings is 1. The van der Waals surface area contributed by atoms with Gasteiger partial charge in [-0.1, -0.05) is 42.5 Å². The average molecular weight is 288 g/mol. The van der Waals surface area contributed by atoms with Crippen LogP contribution < -0.4 is 10.2 Å². The Bertz CT molecular complexity index is 401. The zero-order valence-corrected chi connectivity index (χ0v) is 12.2. The number of nitrogens with one attached hydrogen (secondary N) is 1. The highest BCUT2D eigenvalue weighted by atomic mass is 35.5. The van der Waals surface area contributed by atoms with E-state index in [1.807, 2.05) is 7.05 Å². The number of rotatable bonds is 2. The second kappa shape index (κ2) is 6.48. The molecule has 1 N–H and O–H groups in total. The van der Waals surface area contributed by atoms with Crippen molar-refractivity contribution in [2.45, 2.75) is 32.1 Å². The zero-order valence-electron chi connectivity index (χ0n) is 10.7. The van der Waals surface area contributed by atoms with E-state index in [1.165, 1.54) is 32.1 Å². The second-order valence-corrected chi connectivity index (χ2v) is 5.44. The number of hydrogen-bond donors (Lipinski definition) is 1. The first-order valence-electron chi connectivity index (χ1n) is 6.51. The summed E-state index contributed by atoms with van der Waals surface area (Å²) in [6, 6.07) is 1.77. The van der Waals surface area contributed by atoms with Gasteiger partial charge in [0, 0.05) is 20.1 Å². The Hall–Kier alpha value is -0.670. The minimum Gasteiger partial charge on any atom is -0.372 e. The lowest BCUT2D eigenvalue weighted by Gasteiger charge is -2.27. The van der Waals surface area contributed by atoms with Crippen LogP contribution in [-0.2, 0) is 0 Å². The van der Waals surface area contributed by atoms with Crippen molar-refractivity contribution in [3.05, 3.63) is 16.1 Å². The smallest absolute Gasteiger partial charge is 0.149 e. The highest BCUT2D eigenvalue weighted by molar-refractivity contribution is 6.37. The molecule has 1 aromatic rings. The Labute approximate surface area is 118 Å². The van der Waals surface area contributed by atoms with Gasteiger partial charge in [-0.05, 0) is 18.9 Å². The minimum atomic E-state index is 0.568. The maximum atomic E-state index is 6.27.